The number of nitrogens with zero attached hydrogens (tertiary/aromatic N) is 3. The molecule has 0 aliphatic carbocycles. The Bertz CT molecular complexity index is 762. The van der Waals surface area contributed by atoms with E-state index in [0.717, 1.165) is 17.8 Å². The third-order valence-corrected chi connectivity index (χ3v) is 4.13. The van der Waals surface area contributed by atoms with E-state index < -0.39 is 23.2 Å². The van der Waals surface area contributed by atoms with E-state index in [2.05, 4.69) is 15.3 Å². The average Bonchev–Trinajstić information content (AvgIpc) is 2.62. The molecule has 0 aliphatic heterocycles. The summed E-state index contributed by atoms with van der Waals surface area (Å²) in [6, 6.07) is 5.31. The van der Waals surface area contributed by atoms with Gasteiger partial charge in [-0.25, -0.2) is 18.7 Å². The van der Waals surface area contributed by atoms with Crippen LogP contribution in [0, 0.1) is 11.6 Å². The van der Waals surface area contributed by atoms with Gasteiger partial charge < -0.3 is 10.2 Å². The van der Waals surface area contributed by atoms with Crippen LogP contribution in [0.4, 0.5) is 20.3 Å². The number of rotatable bonds is 7. The van der Waals surface area contributed by atoms with Crippen molar-refractivity contribution in [2.75, 3.05) is 23.3 Å². The van der Waals surface area contributed by atoms with Gasteiger partial charge in [-0.1, -0.05) is 33.8 Å². The minimum atomic E-state index is -0.808. The number of hydrogen-bond acceptors (Lipinski definition) is 4. The summed E-state index contributed by atoms with van der Waals surface area (Å²) >= 11 is 0. The minimum Gasteiger partial charge on any atom is -0.347 e. The zero-order chi connectivity index (χ0) is 20.1. The molecule has 0 bridgehead atoms. The Kier molecular flexibility index (Phi) is 6.82. The monoisotopic (exact) mass is 376 g/mol. The molecule has 7 heteroatoms. The summed E-state index contributed by atoms with van der Waals surface area (Å²) in [5, 5.41) is 2.31. The van der Waals surface area contributed by atoms with Crippen molar-refractivity contribution < 1.29 is 13.6 Å². The van der Waals surface area contributed by atoms with Gasteiger partial charge in [-0.2, -0.15) is 0 Å². The van der Waals surface area contributed by atoms with Crippen LogP contribution >= 0.6 is 0 Å². The first-order valence-corrected chi connectivity index (χ1v) is 9.10. The van der Waals surface area contributed by atoms with E-state index in [1.54, 1.807) is 4.90 Å². The molecule has 146 valence electrons. The molecule has 2 rings (SSSR count). The first-order chi connectivity index (χ1) is 12.7. The Labute approximate surface area is 158 Å². The highest BCUT2D eigenvalue weighted by Gasteiger charge is 2.18. The molecule has 0 saturated carbocycles. The van der Waals surface area contributed by atoms with Crippen LogP contribution in [0.1, 0.15) is 58.0 Å². The molecule has 0 aliphatic rings. The summed E-state index contributed by atoms with van der Waals surface area (Å²) in [6.45, 7) is 10.4. The van der Waals surface area contributed by atoms with Crippen molar-refractivity contribution in [3.8, 4) is 0 Å². The Morgan fingerprint density at radius 3 is 2.26 bits per heavy atom. The Hall–Kier alpha value is -2.57. The van der Waals surface area contributed by atoms with Crippen LogP contribution in [0.2, 0.25) is 0 Å². The van der Waals surface area contributed by atoms with Gasteiger partial charge in [0.1, 0.15) is 29.0 Å². The first kappa shape index (κ1) is 20.7. The minimum absolute atomic E-state index is 0.0731. The Morgan fingerprint density at radius 1 is 1.11 bits per heavy atom. The summed E-state index contributed by atoms with van der Waals surface area (Å²) < 4.78 is 27.5. The number of para-hydroxylation sites is 1. The van der Waals surface area contributed by atoms with E-state index in [0.29, 0.717) is 18.2 Å². The lowest BCUT2D eigenvalue weighted by Gasteiger charge is -2.23. The van der Waals surface area contributed by atoms with Crippen molar-refractivity contribution in [1.82, 2.24) is 9.97 Å². The molecule has 5 nitrogen and oxygen atoms in total. The third kappa shape index (κ3) is 5.21. The summed E-state index contributed by atoms with van der Waals surface area (Å²) in [5.74, 6) is -0.446. The van der Waals surface area contributed by atoms with Crippen molar-refractivity contribution in [2.45, 2.75) is 46.5 Å². The third-order valence-electron chi connectivity index (χ3n) is 4.13. The predicted octanol–water partition coefficient (Wildman–Crippen LogP) is 4.47. The molecule has 27 heavy (non-hydrogen) atoms. The van der Waals surface area contributed by atoms with E-state index in [4.69, 9.17) is 0 Å². The van der Waals surface area contributed by atoms with E-state index in [1.807, 2.05) is 40.7 Å². The van der Waals surface area contributed by atoms with Gasteiger partial charge in [0, 0.05) is 24.2 Å². The lowest BCUT2D eigenvalue weighted by atomic mass is 10.1. The molecule has 0 spiro atoms. The second kappa shape index (κ2) is 8.88. The molecule has 1 aromatic carbocycles. The smallest absolute Gasteiger partial charge is 0.244 e. The van der Waals surface area contributed by atoms with Crippen molar-refractivity contribution in [3.05, 3.63) is 47.4 Å². The van der Waals surface area contributed by atoms with Gasteiger partial charge >= 0.3 is 0 Å². The highest BCUT2D eigenvalue weighted by molar-refractivity contribution is 5.94. The molecular weight excluding hydrogens is 350 g/mol. The quantitative estimate of drug-likeness (QED) is 0.775. The zero-order valence-corrected chi connectivity index (χ0v) is 16.4. The summed E-state index contributed by atoms with van der Waals surface area (Å²) in [7, 11) is 0. The van der Waals surface area contributed by atoms with Gasteiger partial charge in [-0.15, -0.1) is 0 Å². The van der Waals surface area contributed by atoms with Crippen LogP contribution in [0.15, 0.2) is 24.3 Å². The lowest BCUT2D eigenvalue weighted by molar-refractivity contribution is -0.115. The van der Waals surface area contributed by atoms with Crippen molar-refractivity contribution in [3.63, 3.8) is 0 Å². The number of aromatic nitrogens is 2. The van der Waals surface area contributed by atoms with Crippen LogP contribution in [-0.2, 0) is 4.79 Å². The maximum atomic E-state index is 13.7. The van der Waals surface area contributed by atoms with Crippen molar-refractivity contribution >= 4 is 17.4 Å². The molecule has 1 heterocycles. The first-order valence-electron chi connectivity index (χ1n) is 9.10. The molecule has 0 unspecified atom stereocenters. The van der Waals surface area contributed by atoms with Crippen LogP contribution in [0.3, 0.4) is 0 Å². The number of hydrogen-bond donors (Lipinski definition) is 1. The zero-order valence-electron chi connectivity index (χ0n) is 16.4. The standard InChI is InChI=1S/C20H26F2N4O/c1-6-26(11-18(27)25-19-14(21)8-7-9-15(19)22)17-10-16(12(2)3)23-20(24-17)13(4)5/h7-10,12-13H,6,11H2,1-5H3,(H,25,27). The van der Waals surface area contributed by atoms with Crippen molar-refractivity contribution in [1.29, 1.82) is 0 Å². The molecule has 1 aromatic heterocycles. The Morgan fingerprint density at radius 2 is 1.74 bits per heavy atom. The lowest BCUT2D eigenvalue weighted by Crippen LogP contribution is -2.34. The number of nitrogens with one attached hydrogen (secondary N) is 1. The molecule has 2 aromatic rings. The van der Waals surface area contributed by atoms with Crippen LogP contribution < -0.4 is 10.2 Å². The molecule has 1 N–H and O–H groups in total. The SMILES string of the molecule is CCN(CC(=O)Nc1c(F)cccc1F)c1cc(C(C)C)nc(C(C)C)n1. The number of carbonyl (C=O) groups is 1. The predicted molar refractivity (Wildman–Crippen MR) is 103 cm³/mol. The van der Waals surface area contributed by atoms with Gasteiger partial charge in [0.25, 0.3) is 0 Å². The Balaban J connectivity index is 2.25. The normalized spacial score (nSPS) is 11.1. The van der Waals surface area contributed by atoms with E-state index in [9.17, 15) is 13.6 Å². The molecule has 0 atom stereocenters. The maximum absolute atomic E-state index is 13.7. The molecule has 0 radical (unpaired) electrons. The number of likely N-dealkylation sites (N-methyl/N-ethyl adjacent to an activating group) is 1. The van der Waals surface area contributed by atoms with Gasteiger partial charge in [0.05, 0.1) is 6.54 Å². The van der Waals surface area contributed by atoms with Gasteiger partial charge in [0.2, 0.25) is 5.91 Å². The molecular formula is C20H26F2N4O. The van der Waals surface area contributed by atoms with E-state index in [1.165, 1.54) is 6.07 Å². The second-order valence-electron chi connectivity index (χ2n) is 6.98. The number of anilines is 2. The molecule has 0 fully saturated rings. The highest BCUT2D eigenvalue weighted by atomic mass is 19.1. The molecule has 1 amide bonds. The van der Waals surface area contributed by atoms with Gasteiger partial charge in [-0.3, -0.25) is 4.79 Å². The van der Waals surface area contributed by atoms with Gasteiger partial charge in [0.15, 0.2) is 0 Å². The topological polar surface area (TPSA) is 58.1 Å². The van der Waals surface area contributed by atoms with E-state index >= 15 is 0 Å². The van der Waals surface area contributed by atoms with Crippen LogP contribution in [0.25, 0.3) is 0 Å². The number of benzene rings is 1. The highest BCUT2D eigenvalue weighted by Crippen LogP contribution is 2.22. The summed E-state index contributed by atoms with van der Waals surface area (Å²) in [6.07, 6.45) is 0. The fourth-order valence-electron chi connectivity index (χ4n) is 2.51. The number of carbonyl (C=O) groups excluding carboxylic acids is 1. The second-order valence-corrected chi connectivity index (χ2v) is 6.98. The van der Waals surface area contributed by atoms with Gasteiger partial charge in [-0.05, 0) is 25.0 Å². The fraction of sp³-hybridized carbons (Fsp3) is 0.450. The number of halogens is 2. The largest absolute Gasteiger partial charge is 0.347 e. The molecule has 0 saturated heterocycles. The fourth-order valence-corrected chi connectivity index (χ4v) is 2.51. The summed E-state index contributed by atoms with van der Waals surface area (Å²) in [5.41, 5.74) is 0.453. The van der Waals surface area contributed by atoms with E-state index in [-0.39, 0.29) is 18.4 Å². The maximum Gasteiger partial charge on any atom is 0.244 e. The van der Waals surface area contributed by atoms with Crippen LogP contribution in [-0.4, -0.2) is 29.0 Å². The number of amides is 1. The van der Waals surface area contributed by atoms with Crippen LogP contribution in [0.5, 0.6) is 0 Å². The summed E-state index contributed by atoms with van der Waals surface area (Å²) in [4.78, 5) is 23.3. The van der Waals surface area contributed by atoms with Crippen molar-refractivity contribution in [2.24, 2.45) is 0 Å². The average molecular weight is 376 g/mol.